The number of hydrogen-bond donors (Lipinski definition) is 2. The van der Waals surface area contributed by atoms with Gasteiger partial charge in [0.1, 0.15) is 4.21 Å². The Labute approximate surface area is 193 Å². The number of nitrogens with zero attached hydrogens (tertiary/aromatic N) is 2. The highest BCUT2D eigenvalue weighted by Crippen LogP contribution is 2.42. The number of thiophene rings is 1. The van der Waals surface area contributed by atoms with Gasteiger partial charge in [-0.05, 0) is 41.1 Å². The van der Waals surface area contributed by atoms with E-state index >= 15 is 0 Å². The zero-order valence-corrected chi connectivity index (χ0v) is 19.0. The quantitative estimate of drug-likeness (QED) is 0.459. The van der Waals surface area contributed by atoms with E-state index in [1.165, 1.54) is 11.0 Å². The van der Waals surface area contributed by atoms with E-state index in [-0.39, 0.29) is 35.3 Å². The number of amides is 1. The average Bonchev–Trinajstić information content (AvgIpc) is 3.22. The number of fused-ring (bicyclic) bond motifs is 2. The number of halogens is 1. The molecule has 1 amide bonds. The SMILES string of the molecule is O=C1CN(C(O)(c2ccc3cnccc3c2)S(=O)(=O)c2cc3ccc(Cl)cc3s2)CCN1. The molecule has 10 heteroatoms. The maximum Gasteiger partial charge on any atom is 0.255 e. The third kappa shape index (κ3) is 3.37. The average molecular weight is 488 g/mol. The standard InChI is InChI=1S/C22H18ClN3O4S2/c23-18-4-2-15-10-21(31-19(15)11-18)32(29,30)22(28,26-8-7-25-20(27)13-26)17-3-1-16-12-24-6-5-14(16)9-17/h1-6,9-12,28H,7-8,13H2,(H,25,27). The van der Waals surface area contributed by atoms with Crippen molar-refractivity contribution in [3.63, 3.8) is 0 Å². The fourth-order valence-electron chi connectivity index (χ4n) is 3.94. The molecule has 0 radical (unpaired) electrons. The van der Waals surface area contributed by atoms with Crippen LogP contribution >= 0.6 is 22.9 Å². The van der Waals surface area contributed by atoms with Crippen LogP contribution < -0.4 is 5.32 Å². The first-order valence-electron chi connectivity index (χ1n) is 9.81. The van der Waals surface area contributed by atoms with Crippen LogP contribution in [0.5, 0.6) is 0 Å². The van der Waals surface area contributed by atoms with Crippen molar-refractivity contribution in [3.8, 4) is 0 Å². The maximum atomic E-state index is 14.0. The van der Waals surface area contributed by atoms with Crippen molar-refractivity contribution in [1.29, 1.82) is 0 Å². The second-order valence-corrected chi connectivity index (χ2v) is 11.4. The van der Waals surface area contributed by atoms with Gasteiger partial charge in [-0.25, -0.2) is 13.3 Å². The van der Waals surface area contributed by atoms with E-state index in [2.05, 4.69) is 10.3 Å². The van der Waals surface area contributed by atoms with Crippen molar-refractivity contribution in [3.05, 3.63) is 71.5 Å². The van der Waals surface area contributed by atoms with Crippen molar-refractivity contribution in [2.75, 3.05) is 19.6 Å². The highest BCUT2D eigenvalue weighted by Gasteiger charge is 2.51. The molecular formula is C22H18ClN3O4S2. The molecule has 164 valence electrons. The van der Waals surface area contributed by atoms with Crippen molar-refractivity contribution in [2.45, 2.75) is 9.27 Å². The lowest BCUT2D eigenvalue weighted by atomic mass is 10.1. The fraction of sp³-hybridized carbons (Fsp3) is 0.182. The van der Waals surface area contributed by atoms with Crippen LogP contribution in [0.1, 0.15) is 5.56 Å². The molecule has 2 aromatic carbocycles. The summed E-state index contributed by atoms with van der Waals surface area (Å²) in [6.45, 7) is 0.156. The van der Waals surface area contributed by atoms with Crippen LogP contribution in [0.2, 0.25) is 5.02 Å². The van der Waals surface area contributed by atoms with Gasteiger partial charge in [0, 0.05) is 46.2 Å². The first-order valence-corrected chi connectivity index (χ1v) is 12.5. The minimum atomic E-state index is -4.36. The van der Waals surface area contributed by atoms with Crippen molar-refractivity contribution >= 4 is 59.5 Å². The molecule has 2 N–H and O–H groups in total. The Kier molecular flexibility index (Phi) is 5.18. The third-order valence-corrected chi connectivity index (χ3v) is 9.51. The molecule has 1 fully saturated rings. The van der Waals surface area contributed by atoms with E-state index in [4.69, 9.17) is 11.6 Å². The molecule has 0 spiro atoms. The topological polar surface area (TPSA) is 99.6 Å². The van der Waals surface area contributed by atoms with E-state index in [9.17, 15) is 18.3 Å². The van der Waals surface area contributed by atoms with Crippen LogP contribution in [0, 0.1) is 0 Å². The first-order chi connectivity index (χ1) is 15.3. The van der Waals surface area contributed by atoms with Gasteiger partial charge in [-0.2, -0.15) is 0 Å². The van der Waals surface area contributed by atoms with Crippen molar-refractivity contribution in [2.24, 2.45) is 0 Å². The summed E-state index contributed by atoms with van der Waals surface area (Å²) in [7, 11) is -4.36. The van der Waals surface area contributed by atoms with Crippen molar-refractivity contribution in [1.82, 2.24) is 15.2 Å². The molecule has 1 atom stereocenters. The van der Waals surface area contributed by atoms with Crippen LogP contribution in [0.3, 0.4) is 0 Å². The molecule has 1 saturated heterocycles. The lowest BCUT2D eigenvalue weighted by Crippen LogP contribution is -2.59. The number of aromatic nitrogens is 1. The van der Waals surface area contributed by atoms with E-state index in [0.717, 1.165) is 22.1 Å². The Morgan fingerprint density at radius 2 is 1.91 bits per heavy atom. The van der Waals surface area contributed by atoms with Gasteiger partial charge in [-0.3, -0.25) is 9.78 Å². The van der Waals surface area contributed by atoms with Crippen LogP contribution in [-0.2, 0) is 19.7 Å². The smallest absolute Gasteiger partial charge is 0.255 e. The van der Waals surface area contributed by atoms with Gasteiger partial charge >= 0.3 is 0 Å². The summed E-state index contributed by atoms with van der Waals surface area (Å²) < 4.78 is 28.7. The highest BCUT2D eigenvalue weighted by molar-refractivity contribution is 7.94. The summed E-state index contributed by atoms with van der Waals surface area (Å²) in [5.41, 5.74) is 0.168. The lowest BCUT2D eigenvalue weighted by Gasteiger charge is -2.40. The molecule has 3 heterocycles. The summed E-state index contributed by atoms with van der Waals surface area (Å²) in [5, 5.41) is 15.0. The Balaban J connectivity index is 1.72. The molecule has 1 aliphatic heterocycles. The molecule has 0 bridgehead atoms. The number of carbonyl (C=O) groups is 1. The number of aliphatic hydroxyl groups is 1. The second-order valence-electron chi connectivity index (χ2n) is 7.57. The van der Waals surface area contributed by atoms with E-state index < -0.39 is 14.9 Å². The molecule has 7 nitrogen and oxygen atoms in total. The van der Waals surface area contributed by atoms with E-state index in [1.54, 1.807) is 54.9 Å². The first kappa shape index (κ1) is 21.3. The van der Waals surface area contributed by atoms with Gasteiger partial charge in [-0.1, -0.05) is 29.8 Å². The monoisotopic (exact) mass is 487 g/mol. The molecule has 1 unspecified atom stereocenters. The van der Waals surface area contributed by atoms with Gasteiger partial charge in [-0.15, -0.1) is 11.3 Å². The number of hydrogen-bond acceptors (Lipinski definition) is 7. The molecule has 1 aliphatic rings. The summed E-state index contributed by atoms with van der Waals surface area (Å²) in [6.07, 6.45) is 3.26. The van der Waals surface area contributed by atoms with Crippen LogP contribution in [0.15, 0.2) is 65.1 Å². The summed E-state index contributed by atoms with van der Waals surface area (Å²) in [4.78, 5) is 17.5. The van der Waals surface area contributed by atoms with Gasteiger partial charge < -0.3 is 10.4 Å². The summed E-state index contributed by atoms with van der Waals surface area (Å²) >= 11 is 7.11. The Morgan fingerprint density at radius 1 is 1.09 bits per heavy atom. The molecule has 2 aromatic heterocycles. The Morgan fingerprint density at radius 3 is 2.72 bits per heavy atom. The second kappa shape index (κ2) is 7.79. The minimum Gasteiger partial charge on any atom is -0.359 e. The number of benzene rings is 2. The Bertz CT molecular complexity index is 1470. The zero-order chi connectivity index (χ0) is 22.5. The predicted octanol–water partition coefficient (Wildman–Crippen LogP) is 3.11. The summed E-state index contributed by atoms with van der Waals surface area (Å²) in [6, 6.07) is 13.3. The van der Waals surface area contributed by atoms with Crippen LogP contribution in [0.25, 0.3) is 20.9 Å². The highest BCUT2D eigenvalue weighted by atomic mass is 35.5. The number of sulfone groups is 1. The number of piperazine rings is 1. The molecule has 5 rings (SSSR count). The van der Waals surface area contributed by atoms with Gasteiger partial charge in [0.25, 0.3) is 5.06 Å². The molecule has 0 saturated carbocycles. The number of nitrogens with one attached hydrogen (secondary N) is 1. The zero-order valence-electron chi connectivity index (χ0n) is 16.7. The van der Waals surface area contributed by atoms with Gasteiger partial charge in [0.15, 0.2) is 0 Å². The third-order valence-electron chi connectivity index (χ3n) is 5.58. The number of pyridine rings is 1. The fourth-order valence-corrected chi connectivity index (χ4v) is 7.57. The van der Waals surface area contributed by atoms with Crippen LogP contribution in [0.4, 0.5) is 0 Å². The maximum absolute atomic E-state index is 14.0. The normalized spacial score (nSPS) is 17.4. The van der Waals surface area contributed by atoms with E-state index in [0.29, 0.717) is 15.1 Å². The summed E-state index contributed by atoms with van der Waals surface area (Å²) in [5.74, 6) is -0.349. The van der Waals surface area contributed by atoms with E-state index in [1.807, 2.05) is 0 Å². The predicted molar refractivity (Wildman–Crippen MR) is 124 cm³/mol. The van der Waals surface area contributed by atoms with Crippen molar-refractivity contribution < 1.29 is 18.3 Å². The number of rotatable bonds is 4. The van der Waals surface area contributed by atoms with Crippen LogP contribution in [-0.4, -0.2) is 48.9 Å². The van der Waals surface area contributed by atoms with Gasteiger partial charge in [0.2, 0.25) is 15.7 Å². The lowest BCUT2D eigenvalue weighted by molar-refractivity contribution is -0.131. The molecular weight excluding hydrogens is 470 g/mol. The molecule has 4 aromatic rings. The largest absolute Gasteiger partial charge is 0.359 e. The molecule has 0 aliphatic carbocycles. The number of carbonyl (C=O) groups excluding carboxylic acids is 1. The molecule has 32 heavy (non-hydrogen) atoms. The minimum absolute atomic E-state index is 0.00178. The van der Waals surface area contributed by atoms with Gasteiger partial charge in [0.05, 0.1) is 6.54 Å². The Hall–Kier alpha value is -2.56.